The van der Waals surface area contributed by atoms with Crippen LogP contribution in [0.15, 0.2) is 16.7 Å². The summed E-state index contributed by atoms with van der Waals surface area (Å²) in [7, 11) is 4.27. The van der Waals surface area contributed by atoms with Crippen LogP contribution in [0.2, 0.25) is 0 Å². The minimum Gasteiger partial charge on any atom is -0.469 e. The summed E-state index contributed by atoms with van der Waals surface area (Å²) in [5.41, 5.74) is 0.387. The Balaban J connectivity index is 2.69. The summed E-state index contributed by atoms with van der Waals surface area (Å²) >= 11 is 0. The lowest BCUT2D eigenvalue weighted by Crippen LogP contribution is -2.30. The maximum atomic E-state index is 11.6. The highest BCUT2D eigenvalue weighted by molar-refractivity contribution is 5.90. The van der Waals surface area contributed by atoms with Gasteiger partial charge < -0.3 is 18.6 Å². The Kier molecular flexibility index (Phi) is 7.49. The predicted molar refractivity (Wildman–Crippen MR) is 73.8 cm³/mol. The fourth-order valence-corrected chi connectivity index (χ4v) is 1.80. The zero-order chi connectivity index (χ0) is 15.7. The van der Waals surface area contributed by atoms with E-state index in [1.54, 1.807) is 13.2 Å². The molecule has 21 heavy (non-hydrogen) atoms. The molecule has 1 heterocycles. The Morgan fingerprint density at radius 2 is 1.95 bits per heavy atom. The molecule has 0 aromatic carbocycles. The minimum atomic E-state index is -0.446. The molecule has 7 heteroatoms. The molecule has 0 saturated carbocycles. The van der Waals surface area contributed by atoms with E-state index in [4.69, 9.17) is 13.9 Å². The van der Waals surface area contributed by atoms with Gasteiger partial charge in [-0.1, -0.05) is 0 Å². The monoisotopic (exact) mass is 299 g/mol. The van der Waals surface area contributed by atoms with Crippen molar-refractivity contribution in [2.24, 2.45) is 0 Å². The number of esters is 2. The third kappa shape index (κ3) is 5.57. The van der Waals surface area contributed by atoms with E-state index in [1.165, 1.54) is 20.5 Å². The van der Waals surface area contributed by atoms with Gasteiger partial charge in [0.05, 0.1) is 40.1 Å². The highest BCUT2D eigenvalue weighted by atomic mass is 16.5. The number of furan rings is 1. The Hall–Kier alpha value is -1.86. The number of ether oxygens (including phenoxy) is 3. The van der Waals surface area contributed by atoms with E-state index in [9.17, 15) is 9.59 Å². The molecule has 0 N–H and O–H groups in total. The van der Waals surface area contributed by atoms with Crippen LogP contribution in [0.1, 0.15) is 22.5 Å². The number of nitrogens with zero attached hydrogens (tertiary/aromatic N) is 1. The molecule has 7 nitrogen and oxygen atoms in total. The van der Waals surface area contributed by atoms with Crippen LogP contribution in [0.4, 0.5) is 0 Å². The molecule has 0 bridgehead atoms. The first-order valence-corrected chi connectivity index (χ1v) is 6.55. The summed E-state index contributed by atoms with van der Waals surface area (Å²) in [6.07, 6.45) is 1.70. The molecular weight excluding hydrogens is 278 g/mol. The van der Waals surface area contributed by atoms with Crippen LogP contribution in [-0.2, 0) is 25.5 Å². The quantitative estimate of drug-likeness (QED) is 0.631. The van der Waals surface area contributed by atoms with Crippen molar-refractivity contribution >= 4 is 11.9 Å². The normalized spacial score (nSPS) is 10.7. The van der Waals surface area contributed by atoms with Crippen molar-refractivity contribution in [3.8, 4) is 0 Å². The van der Waals surface area contributed by atoms with Gasteiger partial charge in [0.25, 0.3) is 0 Å². The summed E-state index contributed by atoms with van der Waals surface area (Å²) < 4.78 is 19.7. The van der Waals surface area contributed by atoms with Crippen LogP contribution in [0.25, 0.3) is 0 Å². The first kappa shape index (κ1) is 17.2. The second kappa shape index (κ2) is 9.15. The minimum absolute atomic E-state index is 0.258. The number of rotatable bonds is 9. The fourth-order valence-electron chi connectivity index (χ4n) is 1.80. The van der Waals surface area contributed by atoms with E-state index in [1.807, 2.05) is 4.90 Å². The Labute approximate surface area is 123 Å². The maximum Gasteiger partial charge on any atom is 0.341 e. The summed E-state index contributed by atoms with van der Waals surface area (Å²) in [4.78, 5) is 24.8. The molecule has 118 valence electrons. The van der Waals surface area contributed by atoms with Crippen LogP contribution in [0.3, 0.4) is 0 Å². The number of hydrogen-bond donors (Lipinski definition) is 0. The highest BCUT2D eigenvalue weighted by Gasteiger charge is 2.18. The van der Waals surface area contributed by atoms with E-state index in [0.717, 1.165) is 0 Å². The first-order chi connectivity index (χ1) is 10.1. The molecular formula is C14H21NO6. The van der Waals surface area contributed by atoms with Gasteiger partial charge in [-0.25, -0.2) is 4.79 Å². The average Bonchev–Trinajstić information content (AvgIpc) is 2.96. The van der Waals surface area contributed by atoms with Crippen molar-refractivity contribution < 1.29 is 28.2 Å². The Bertz CT molecular complexity index is 456. The second-order valence-corrected chi connectivity index (χ2v) is 4.34. The highest BCUT2D eigenvalue weighted by Crippen LogP contribution is 2.14. The van der Waals surface area contributed by atoms with Gasteiger partial charge >= 0.3 is 11.9 Å². The second-order valence-electron chi connectivity index (χ2n) is 4.34. The zero-order valence-electron chi connectivity index (χ0n) is 12.6. The van der Waals surface area contributed by atoms with Crippen molar-refractivity contribution in [3.05, 3.63) is 23.7 Å². The molecule has 0 amide bonds. The topological polar surface area (TPSA) is 78.2 Å². The van der Waals surface area contributed by atoms with Gasteiger partial charge in [0, 0.05) is 20.2 Å². The van der Waals surface area contributed by atoms with Gasteiger partial charge in [-0.3, -0.25) is 9.69 Å². The molecule has 0 aliphatic rings. The number of carbonyl (C=O) groups is 2. The standard InChI is InChI=1S/C14H21NO6/c1-18-9-7-15(6-4-13(16)19-2)10-12-11(5-8-21-12)14(17)20-3/h5,8H,4,6-7,9-10H2,1-3H3. The van der Waals surface area contributed by atoms with Crippen molar-refractivity contribution in [1.29, 1.82) is 0 Å². The molecule has 1 rings (SSSR count). The Morgan fingerprint density at radius 3 is 2.57 bits per heavy atom. The smallest absolute Gasteiger partial charge is 0.341 e. The van der Waals surface area contributed by atoms with Crippen LogP contribution in [-0.4, -0.2) is 57.9 Å². The number of hydrogen-bond acceptors (Lipinski definition) is 7. The molecule has 1 aromatic heterocycles. The SMILES string of the molecule is COCCN(CCC(=O)OC)Cc1occc1C(=O)OC. The maximum absolute atomic E-state index is 11.6. The van der Waals surface area contributed by atoms with Crippen molar-refractivity contribution in [2.75, 3.05) is 41.0 Å². The largest absolute Gasteiger partial charge is 0.469 e. The summed E-state index contributed by atoms with van der Waals surface area (Å²) in [6, 6.07) is 1.57. The summed E-state index contributed by atoms with van der Waals surface area (Å²) in [5.74, 6) is -0.230. The lowest BCUT2D eigenvalue weighted by atomic mass is 10.2. The van der Waals surface area contributed by atoms with Gasteiger partial charge in [0.2, 0.25) is 0 Å². The predicted octanol–water partition coefficient (Wildman–Crippen LogP) is 1.08. The molecule has 0 unspecified atom stereocenters. The van der Waals surface area contributed by atoms with Crippen LogP contribution in [0.5, 0.6) is 0 Å². The van der Waals surface area contributed by atoms with Crippen molar-refractivity contribution in [1.82, 2.24) is 4.90 Å². The van der Waals surface area contributed by atoms with Gasteiger partial charge in [-0.15, -0.1) is 0 Å². The first-order valence-electron chi connectivity index (χ1n) is 6.55. The van der Waals surface area contributed by atoms with Crippen LogP contribution >= 0.6 is 0 Å². The lowest BCUT2D eigenvalue weighted by Gasteiger charge is -2.20. The van der Waals surface area contributed by atoms with E-state index in [0.29, 0.717) is 37.6 Å². The van der Waals surface area contributed by atoms with E-state index in [-0.39, 0.29) is 12.4 Å². The molecule has 0 fully saturated rings. The summed E-state index contributed by atoms with van der Waals surface area (Å²) in [6.45, 7) is 1.99. The molecule has 0 saturated heterocycles. The zero-order valence-corrected chi connectivity index (χ0v) is 12.6. The van der Waals surface area contributed by atoms with Crippen LogP contribution in [0, 0.1) is 0 Å². The van der Waals surface area contributed by atoms with E-state index >= 15 is 0 Å². The van der Waals surface area contributed by atoms with Crippen molar-refractivity contribution in [3.63, 3.8) is 0 Å². The fraction of sp³-hybridized carbons (Fsp3) is 0.571. The van der Waals surface area contributed by atoms with Gasteiger partial charge in [0.15, 0.2) is 0 Å². The lowest BCUT2D eigenvalue weighted by molar-refractivity contribution is -0.141. The Morgan fingerprint density at radius 1 is 1.19 bits per heavy atom. The molecule has 1 aromatic rings. The van der Waals surface area contributed by atoms with Gasteiger partial charge in [0.1, 0.15) is 11.3 Å². The molecule has 0 aliphatic carbocycles. The van der Waals surface area contributed by atoms with Gasteiger partial charge in [-0.05, 0) is 6.07 Å². The molecule has 0 atom stereocenters. The molecule has 0 radical (unpaired) electrons. The number of carbonyl (C=O) groups excluding carboxylic acids is 2. The number of methoxy groups -OCH3 is 3. The molecule has 0 aliphatic heterocycles. The van der Waals surface area contributed by atoms with E-state index < -0.39 is 5.97 Å². The van der Waals surface area contributed by atoms with Crippen LogP contribution < -0.4 is 0 Å². The summed E-state index contributed by atoms with van der Waals surface area (Å²) in [5, 5.41) is 0. The molecule has 0 spiro atoms. The van der Waals surface area contributed by atoms with Crippen molar-refractivity contribution in [2.45, 2.75) is 13.0 Å². The van der Waals surface area contributed by atoms with E-state index in [2.05, 4.69) is 4.74 Å². The third-order valence-electron chi connectivity index (χ3n) is 2.99. The third-order valence-corrected chi connectivity index (χ3v) is 2.99. The average molecular weight is 299 g/mol. The van der Waals surface area contributed by atoms with Gasteiger partial charge in [-0.2, -0.15) is 0 Å².